The highest BCUT2D eigenvalue weighted by atomic mass is 16.6. The lowest BCUT2D eigenvalue weighted by molar-refractivity contribution is -0.161. The summed E-state index contributed by atoms with van der Waals surface area (Å²) in [7, 11) is 0. The summed E-state index contributed by atoms with van der Waals surface area (Å²) in [6.45, 7) is 9.45. The maximum atomic E-state index is 11.7. The molecule has 0 radical (unpaired) electrons. The molecule has 0 bridgehead atoms. The van der Waals surface area contributed by atoms with E-state index in [-0.39, 0.29) is 24.5 Å². The van der Waals surface area contributed by atoms with E-state index in [0.717, 1.165) is 19.3 Å². The van der Waals surface area contributed by atoms with Crippen LogP contribution in [0.4, 0.5) is 0 Å². The van der Waals surface area contributed by atoms with E-state index in [1.54, 1.807) is 0 Å². The molecule has 0 saturated carbocycles. The molecule has 0 N–H and O–H groups in total. The molecule has 0 aromatic heterocycles. The average molecular weight is 272 g/mol. The number of ether oxygens (including phenoxy) is 2. The van der Waals surface area contributed by atoms with Crippen LogP contribution in [0.2, 0.25) is 0 Å². The van der Waals surface area contributed by atoms with Crippen molar-refractivity contribution in [2.75, 3.05) is 0 Å². The van der Waals surface area contributed by atoms with Crippen molar-refractivity contribution in [1.82, 2.24) is 0 Å². The van der Waals surface area contributed by atoms with Gasteiger partial charge in [0.25, 0.3) is 0 Å². The van der Waals surface area contributed by atoms with Crippen molar-refractivity contribution in [1.29, 1.82) is 0 Å². The summed E-state index contributed by atoms with van der Waals surface area (Å²) in [5, 5.41) is 0. The van der Waals surface area contributed by atoms with Gasteiger partial charge in [-0.05, 0) is 33.6 Å². The quantitative estimate of drug-likeness (QED) is 0.500. The zero-order valence-corrected chi connectivity index (χ0v) is 13.0. The molecule has 0 fully saturated rings. The van der Waals surface area contributed by atoms with Crippen molar-refractivity contribution in [3.8, 4) is 0 Å². The van der Waals surface area contributed by atoms with E-state index >= 15 is 0 Å². The lowest BCUT2D eigenvalue weighted by atomic mass is 10.1. The Bertz CT molecular complexity index is 278. The van der Waals surface area contributed by atoms with E-state index in [1.807, 2.05) is 27.7 Å². The van der Waals surface area contributed by atoms with Gasteiger partial charge in [-0.25, -0.2) is 0 Å². The molecule has 112 valence electrons. The first-order valence-corrected chi connectivity index (χ1v) is 7.19. The monoisotopic (exact) mass is 272 g/mol. The number of hydrogen-bond acceptors (Lipinski definition) is 4. The molecule has 19 heavy (non-hydrogen) atoms. The van der Waals surface area contributed by atoms with Gasteiger partial charge in [0.05, 0.1) is 6.42 Å². The maximum Gasteiger partial charge on any atom is 0.310 e. The van der Waals surface area contributed by atoms with Gasteiger partial charge in [0.2, 0.25) is 0 Å². The minimum absolute atomic E-state index is 0.132. The van der Waals surface area contributed by atoms with Crippen molar-refractivity contribution < 1.29 is 19.1 Å². The number of unbranched alkanes of at least 4 members (excludes halogenated alkanes) is 2. The molecule has 0 heterocycles. The third-order valence-electron chi connectivity index (χ3n) is 2.55. The summed E-state index contributed by atoms with van der Waals surface area (Å²) in [5.41, 5.74) is -0.499. The van der Waals surface area contributed by atoms with Gasteiger partial charge in [-0.3, -0.25) is 9.59 Å². The highest BCUT2D eigenvalue weighted by Crippen LogP contribution is 2.13. The van der Waals surface area contributed by atoms with Crippen molar-refractivity contribution in [2.24, 2.45) is 0 Å². The Hall–Kier alpha value is -1.06. The van der Waals surface area contributed by atoms with E-state index in [0.29, 0.717) is 12.8 Å². The number of rotatable bonds is 8. The van der Waals surface area contributed by atoms with Crippen LogP contribution in [0.1, 0.15) is 73.1 Å². The van der Waals surface area contributed by atoms with Gasteiger partial charge in [-0.2, -0.15) is 0 Å². The third-order valence-corrected chi connectivity index (χ3v) is 2.55. The standard InChI is InChI=1S/C15H28O4/c1-6-8-9-10-13(16)18-12(7-2)11-14(17)19-15(3,4)5/h12H,6-11H2,1-5H3. The second-order valence-electron chi connectivity index (χ2n) is 5.77. The van der Waals surface area contributed by atoms with Gasteiger partial charge in [-0.1, -0.05) is 26.7 Å². The Morgan fingerprint density at radius 2 is 1.68 bits per heavy atom. The Kier molecular flexibility index (Phi) is 8.44. The van der Waals surface area contributed by atoms with Crippen LogP contribution < -0.4 is 0 Å². The predicted octanol–water partition coefficient (Wildman–Crippen LogP) is 3.62. The highest BCUT2D eigenvalue weighted by molar-refractivity contribution is 5.72. The number of hydrogen-bond donors (Lipinski definition) is 0. The lowest BCUT2D eigenvalue weighted by Crippen LogP contribution is -2.28. The van der Waals surface area contributed by atoms with E-state index in [9.17, 15) is 9.59 Å². The zero-order valence-electron chi connectivity index (χ0n) is 13.0. The topological polar surface area (TPSA) is 52.6 Å². The fourth-order valence-corrected chi connectivity index (χ4v) is 1.60. The molecule has 0 aliphatic heterocycles. The number of carbonyl (C=O) groups is 2. The fraction of sp³-hybridized carbons (Fsp3) is 0.867. The maximum absolute atomic E-state index is 11.7. The second kappa shape index (κ2) is 8.94. The summed E-state index contributed by atoms with van der Waals surface area (Å²) in [5.74, 6) is -0.537. The molecule has 0 aromatic rings. The lowest BCUT2D eigenvalue weighted by Gasteiger charge is -2.22. The van der Waals surface area contributed by atoms with Gasteiger partial charge < -0.3 is 9.47 Å². The van der Waals surface area contributed by atoms with Gasteiger partial charge in [-0.15, -0.1) is 0 Å². The van der Waals surface area contributed by atoms with Crippen LogP contribution in [0.15, 0.2) is 0 Å². The van der Waals surface area contributed by atoms with E-state index in [4.69, 9.17) is 9.47 Å². The summed E-state index contributed by atoms with van der Waals surface area (Å²) in [6, 6.07) is 0. The molecule has 4 heteroatoms. The van der Waals surface area contributed by atoms with Crippen molar-refractivity contribution in [3.05, 3.63) is 0 Å². The van der Waals surface area contributed by atoms with E-state index in [1.165, 1.54) is 0 Å². The average Bonchev–Trinajstić information content (AvgIpc) is 2.25. The largest absolute Gasteiger partial charge is 0.462 e. The van der Waals surface area contributed by atoms with Crippen LogP contribution in [0.5, 0.6) is 0 Å². The van der Waals surface area contributed by atoms with Crippen LogP contribution in [0, 0.1) is 0 Å². The molecule has 1 unspecified atom stereocenters. The Labute approximate surface area is 116 Å². The Morgan fingerprint density at radius 1 is 1.05 bits per heavy atom. The van der Waals surface area contributed by atoms with Crippen molar-refractivity contribution >= 4 is 11.9 Å². The first-order chi connectivity index (χ1) is 8.78. The Balaban J connectivity index is 4.06. The van der Waals surface area contributed by atoms with Crippen LogP contribution in [-0.4, -0.2) is 23.6 Å². The van der Waals surface area contributed by atoms with Crippen molar-refractivity contribution in [2.45, 2.75) is 84.8 Å². The Morgan fingerprint density at radius 3 is 2.16 bits per heavy atom. The highest BCUT2D eigenvalue weighted by Gasteiger charge is 2.21. The van der Waals surface area contributed by atoms with Gasteiger partial charge in [0.1, 0.15) is 11.7 Å². The van der Waals surface area contributed by atoms with E-state index in [2.05, 4.69) is 6.92 Å². The summed E-state index contributed by atoms with van der Waals surface area (Å²) >= 11 is 0. The SMILES string of the molecule is CCCCCC(=O)OC(CC)CC(=O)OC(C)(C)C. The fourth-order valence-electron chi connectivity index (χ4n) is 1.60. The summed E-state index contributed by atoms with van der Waals surface area (Å²) in [6.07, 6.45) is 3.76. The molecule has 4 nitrogen and oxygen atoms in total. The minimum atomic E-state index is -0.499. The smallest absolute Gasteiger partial charge is 0.310 e. The molecular weight excluding hydrogens is 244 g/mol. The molecule has 0 saturated heterocycles. The van der Waals surface area contributed by atoms with Crippen LogP contribution in [0.3, 0.4) is 0 Å². The van der Waals surface area contributed by atoms with Gasteiger partial charge in [0.15, 0.2) is 0 Å². The zero-order chi connectivity index (χ0) is 14.9. The molecule has 1 atom stereocenters. The molecule has 0 aliphatic carbocycles. The summed E-state index contributed by atoms with van der Waals surface area (Å²) in [4.78, 5) is 23.2. The van der Waals surface area contributed by atoms with Crippen LogP contribution >= 0.6 is 0 Å². The van der Waals surface area contributed by atoms with Crippen molar-refractivity contribution in [3.63, 3.8) is 0 Å². The van der Waals surface area contributed by atoms with E-state index < -0.39 is 5.60 Å². The number of esters is 2. The third kappa shape index (κ3) is 10.5. The van der Waals surface area contributed by atoms with Gasteiger partial charge >= 0.3 is 11.9 Å². The molecule has 0 rings (SSSR count). The van der Waals surface area contributed by atoms with Crippen LogP contribution in [-0.2, 0) is 19.1 Å². The molecular formula is C15H28O4. The molecule has 0 amide bonds. The predicted molar refractivity (Wildman–Crippen MR) is 74.8 cm³/mol. The second-order valence-corrected chi connectivity index (χ2v) is 5.77. The minimum Gasteiger partial charge on any atom is -0.462 e. The van der Waals surface area contributed by atoms with Crippen LogP contribution in [0.25, 0.3) is 0 Å². The molecule has 0 aromatic carbocycles. The molecule has 0 aliphatic rings. The normalized spacial score (nSPS) is 12.9. The van der Waals surface area contributed by atoms with Gasteiger partial charge in [0, 0.05) is 6.42 Å². The first-order valence-electron chi connectivity index (χ1n) is 7.19. The summed E-state index contributed by atoms with van der Waals surface area (Å²) < 4.78 is 10.5. The molecule has 0 spiro atoms. The first kappa shape index (κ1) is 17.9. The number of carbonyl (C=O) groups excluding carboxylic acids is 2.